The number of piperidine rings is 1. The van der Waals surface area contributed by atoms with Gasteiger partial charge < -0.3 is 20.4 Å². The minimum Gasteiger partial charge on any atom is -0.345 e. The molecule has 2 saturated heterocycles. The Bertz CT molecular complexity index is 441. The van der Waals surface area contributed by atoms with Crippen LogP contribution in [0.4, 0.5) is 4.79 Å². The molecule has 0 spiro atoms. The fourth-order valence-corrected chi connectivity index (χ4v) is 3.56. The predicted molar refractivity (Wildman–Crippen MR) is 103 cm³/mol. The number of nitrogens with zero attached hydrogens (tertiary/aromatic N) is 3. The van der Waals surface area contributed by atoms with E-state index in [1.54, 1.807) is 4.90 Å². The van der Waals surface area contributed by atoms with Crippen LogP contribution in [0.3, 0.4) is 0 Å². The fraction of sp³-hybridized carbons (Fsp3) is 0.889. The number of carbonyl (C=O) groups is 2. The van der Waals surface area contributed by atoms with E-state index in [4.69, 9.17) is 5.73 Å². The number of hydrogen-bond donors (Lipinski definition) is 1. The van der Waals surface area contributed by atoms with E-state index in [-0.39, 0.29) is 36.3 Å². The van der Waals surface area contributed by atoms with Gasteiger partial charge in [-0.3, -0.25) is 4.79 Å². The molecule has 0 aromatic heterocycles. The lowest BCUT2D eigenvalue weighted by molar-refractivity contribution is -0.135. The second kappa shape index (κ2) is 10.2. The molecule has 0 saturated carbocycles. The Morgan fingerprint density at radius 1 is 1.12 bits per heavy atom. The third-order valence-electron chi connectivity index (χ3n) is 5.45. The molecule has 7 heteroatoms. The van der Waals surface area contributed by atoms with Crippen molar-refractivity contribution in [1.29, 1.82) is 0 Å². The van der Waals surface area contributed by atoms with Crippen LogP contribution in [0.25, 0.3) is 0 Å². The number of nitrogens with two attached hydrogens (primary N) is 1. The van der Waals surface area contributed by atoms with Gasteiger partial charge in [0.15, 0.2) is 0 Å². The van der Waals surface area contributed by atoms with Crippen molar-refractivity contribution in [3.05, 3.63) is 0 Å². The number of rotatable bonds is 5. The Balaban J connectivity index is 0.00000312. The van der Waals surface area contributed by atoms with Crippen LogP contribution >= 0.6 is 12.4 Å². The van der Waals surface area contributed by atoms with Gasteiger partial charge in [-0.15, -0.1) is 12.4 Å². The van der Waals surface area contributed by atoms with Crippen molar-refractivity contribution >= 4 is 24.3 Å². The van der Waals surface area contributed by atoms with Crippen LogP contribution in [0.5, 0.6) is 0 Å². The zero-order valence-electron chi connectivity index (χ0n) is 15.9. The monoisotopic (exact) mass is 374 g/mol. The van der Waals surface area contributed by atoms with Gasteiger partial charge in [-0.2, -0.15) is 0 Å². The Kier molecular flexibility index (Phi) is 9.00. The molecule has 2 unspecified atom stereocenters. The molecule has 2 fully saturated rings. The first kappa shape index (κ1) is 22.0. The highest BCUT2D eigenvalue weighted by Crippen LogP contribution is 2.21. The zero-order chi connectivity index (χ0) is 17.7. The molecule has 25 heavy (non-hydrogen) atoms. The molecule has 146 valence electrons. The average molecular weight is 375 g/mol. The Hall–Kier alpha value is -1.01. The summed E-state index contributed by atoms with van der Waals surface area (Å²) in [5.74, 6) is 0.521. The third kappa shape index (κ3) is 6.03. The summed E-state index contributed by atoms with van der Waals surface area (Å²) in [5.41, 5.74) is 6.08. The van der Waals surface area contributed by atoms with Crippen molar-refractivity contribution in [2.45, 2.75) is 52.0 Å². The normalized spacial score (nSPS) is 21.9. The summed E-state index contributed by atoms with van der Waals surface area (Å²) < 4.78 is 0. The summed E-state index contributed by atoms with van der Waals surface area (Å²) in [5, 5.41) is 0. The minimum absolute atomic E-state index is 0. The van der Waals surface area contributed by atoms with Gasteiger partial charge in [0.2, 0.25) is 5.91 Å². The number of urea groups is 1. The van der Waals surface area contributed by atoms with Crippen LogP contribution < -0.4 is 5.73 Å². The van der Waals surface area contributed by atoms with E-state index in [1.165, 1.54) is 0 Å². The van der Waals surface area contributed by atoms with Gasteiger partial charge in [-0.25, -0.2) is 4.79 Å². The van der Waals surface area contributed by atoms with Gasteiger partial charge in [0, 0.05) is 45.8 Å². The first-order valence-corrected chi connectivity index (χ1v) is 9.44. The number of halogens is 1. The molecule has 0 radical (unpaired) electrons. The summed E-state index contributed by atoms with van der Waals surface area (Å²) in [6, 6.07) is 0.245. The summed E-state index contributed by atoms with van der Waals surface area (Å²) in [6.07, 6.45) is 4.81. The lowest BCUT2D eigenvalue weighted by atomic mass is 9.96. The second-order valence-electron chi connectivity index (χ2n) is 7.72. The van der Waals surface area contributed by atoms with Gasteiger partial charge in [-0.1, -0.05) is 13.8 Å². The van der Waals surface area contributed by atoms with Crippen molar-refractivity contribution in [3.8, 4) is 0 Å². The summed E-state index contributed by atoms with van der Waals surface area (Å²) >= 11 is 0. The third-order valence-corrected chi connectivity index (χ3v) is 5.45. The van der Waals surface area contributed by atoms with E-state index in [2.05, 4.69) is 13.8 Å². The topological polar surface area (TPSA) is 69.9 Å². The highest BCUT2D eigenvalue weighted by atomic mass is 35.5. The highest BCUT2D eigenvalue weighted by molar-refractivity contribution is 5.85. The van der Waals surface area contributed by atoms with Crippen molar-refractivity contribution < 1.29 is 9.59 Å². The molecule has 0 aromatic carbocycles. The number of hydrogen-bond acceptors (Lipinski definition) is 3. The standard InChI is InChI=1S/C18H34N4O2.ClH/c1-14(2)16(19)8-12-20(3)17(23)15-7-6-11-22(13-15)18(24)21-9-4-5-10-21;/h14-16H,4-13,19H2,1-3H3;1H. The maximum absolute atomic E-state index is 12.7. The maximum Gasteiger partial charge on any atom is 0.320 e. The molecule has 2 atom stereocenters. The molecule has 0 aliphatic carbocycles. The molecule has 2 rings (SSSR count). The molecule has 0 aromatic rings. The van der Waals surface area contributed by atoms with E-state index in [9.17, 15) is 9.59 Å². The lowest BCUT2D eigenvalue weighted by Crippen LogP contribution is -2.50. The van der Waals surface area contributed by atoms with Gasteiger partial charge in [0.05, 0.1) is 5.92 Å². The van der Waals surface area contributed by atoms with Crippen LogP contribution in [0, 0.1) is 11.8 Å². The van der Waals surface area contributed by atoms with Crippen LogP contribution in [0.2, 0.25) is 0 Å². The molecule has 6 nitrogen and oxygen atoms in total. The molecule has 0 bridgehead atoms. The van der Waals surface area contributed by atoms with Crippen molar-refractivity contribution in [3.63, 3.8) is 0 Å². The van der Waals surface area contributed by atoms with Crippen molar-refractivity contribution in [1.82, 2.24) is 14.7 Å². The van der Waals surface area contributed by atoms with Crippen LogP contribution in [-0.2, 0) is 4.79 Å². The van der Waals surface area contributed by atoms with Crippen LogP contribution in [0.15, 0.2) is 0 Å². The zero-order valence-corrected chi connectivity index (χ0v) is 16.8. The van der Waals surface area contributed by atoms with E-state index in [1.807, 2.05) is 16.8 Å². The van der Waals surface area contributed by atoms with Gasteiger partial charge >= 0.3 is 6.03 Å². The molecular weight excluding hydrogens is 340 g/mol. The minimum atomic E-state index is -0.0643. The maximum atomic E-state index is 12.7. The smallest absolute Gasteiger partial charge is 0.320 e. The average Bonchev–Trinajstić information content (AvgIpc) is 3.12. The van der Waals surface area contributed by atoms with Gasteiger partial charge in [-0.05, 0) is 38.0 Å². The fourth-order valence-electron chi connectivity index (χ4n) is 3.56. The first-order valence-electron chi connectivity index (χ1n) is 9.44. The SMILES string of the molecule is CC(C)C(N)CCN(C)C(=O)C1CCCN(C(=O)N2CCCC2)C1.Cl. The quantitative estimate of drug-likeness (QED) is 0.801. The van der Waals surface area contributed by atoms with Crippen LogP contribution in [0.1, 0.15) is 46.0 Å². The summed E-state index contributed by atoms with van der Waals surface area (Å²) in [7, 11) is 1.86. The number of carbonyl (C=O) groups excluding carboxylic acids is 2. The van der Waals surface area contributed by atoms with E-state index >= 15 is 0 Å². The van der Waals surface area contributed by atoms with Gasteiger partial charge in [0.1, 0.15) is 0 Å². The van der Waals surface area contributed by atoms with Crippen LogP contribution in [-0.4, -0.2) is 72.5 Å². The molecule has 2 N–H and O–H groups in total. The molecule has 2 aliphatic heterocycles. The van der Waals surface area contributed by atoms with Gasteiger partial charge in [0.25, 0.3) is 0 Å². The molecular formula is C18H35ClN4O2. The Morgan fingerprint density at radius 3 is 2.32 bits per heavy atom. The van der Waals surface area contributed by atoms with Crippen molar-refractivity contribution in [2.24, 2.45) is 17.6 Å². The summed E-state index contributed by atoms with van der Waals surface area (Å²) in [6.45, 7) is 7.97. The highest BCUT2D eigenvalue weighted by Gasteiger charge is 2.32. The number of amides is 3. The second-order valence-corrected chi connectivity index (χ2v) is 7.72. The Morgan fingerprint density at radius 2 is 1.72 bits per heavy atom. The molecule has 2 heterocycles. The predicted octanol–water partition coefficient (Wildman–Crippen LogP) is 2.17. The lowest BCUT2D eigenvalue weighted by Gasteiger charge is -2.36. The van der Waals surface area contributed by atoms with E-state index < -0.39 is 0 Å². The number of likely N-dealkylation sites (tertiary alicyclic amines) is 2. The van der Waals surface area contributed by atoms with E-state index in [0.717, 1.165) is 51.7 Å². The molecule has 3 amide bonds. The Labute approximate surface area is 158 Å². The molecule has 2 aliphatic rings. The summed E-state index contributed by atoms with van der Waals surface area (Å²) in [4.78, 5) is 30.9. The van der Waals surface area contributed by atoms with Crippen molar-refractivity contribution in [2.75, 3.05) is 39.8 Å². The first-order chi connectivity index (χ1) is 11.4. The van der Waals surface area contributed by atoms with E-state index in [0.29, 0.717) is 19.0 Å². The largest absolute Gasteiger partial charge is 0.345 e.